The molecule has 2 nitrogen and oxygen atoms in total. The normalized spacial score (nSPS) is 6.00. The maximum absolute atomic E-state index is 2.00. The molecule has 0 amide bonds. The van der Waals surface area contributed by atoms with Gasteiger partial charge in [-0.2, -0.15) is 0 Å². The first kappa shape index (κ1) is 16.1. The van der Waals surface area contributed by atoms with Gasteiger partial charge in [-0.25, -0.2) is 0 Å². The highest BCUT2D eigenvalue weighted by Gasteiger charge is 1.58. The molecular weight excluding hydrogens is 144 g/mol. The predicted octanol–water partition coefficient (Wildman–Crippen LogP) is 0.918. The van der Waals surface area contributed by atoms with Gasteiger partial charge >= 0.3 is 0 Å². The second-order valence-corrected chi connectivity index (χ2v) is 1.34. The fourth-order valence-electron chi connectivity index (χ4n) is 0. The van der Waals surface area contributed by atoms with E-state index in [0.717, 1.165) is 0 Å². The van der Waals surface area contributed by atoms with Crippen molar-refractivity contribution < 1.29 is 0 Å². The van der Waals surface area contributed by atoms with Gasteiger partial charge in [-0.1, -0.05) is 0 Å². The topological polar surface area (TPSA) is 38.2 Å². The molecule has 3 N–H and O–H groups in total. The van der Waals surface area contributed by atoms with E-state index in [-0.39, 0.29) is 23.1 Å². The zero-order valence-electron chi connectivity index (χ0n) is 4.56. The summed E-state index contributed by atoms with van der Waals surface area (Å²) in [6.45, 7) is 0. The molecule has 0 unspecified atom stereocenters. The number of halogens is 1. The summed E-state index contributed by atoms with van der Waals surface area (Å²) in [5.41, 5.74) is 0. The largest absolute Gasteiger partial charge is 0.344 e. The summed E-state index contributed by atoms with van der Waals surface area (Å²) in [7, 11) is 6.00. The first-order valence-corrected chi connectivity index (χ1v) is 1.34. The molecule has 0 aromatic rings. The van der Waals surface area contributed by atoms with E-state index in [1.165, 1.54) is 0 Å². The van der Waals surface area contributed by atoms with Crippen LogP contribution in [0.25, 0.3) is 0 Å². The fourth-order valence-corrected chi connectivity index (χ4v) is 0. The van der Waals surface area contributed by atoms with E-state index in [0.29, 0.717) is 0 Å². The van der Waals surface area contributed by atoms with Crippen LogP contribution in [-0.2, 0) is 0 Å². The summed E-state index contributed by atoms with van der Waals surface area (Å²) in [6.07, 6.45) is 0. The van der Waals surface area contributed by atoms with Crippen molar-refractivity contribution in [1.29, 1.82) is 0 Å². The minimum absolute atomic E-state index is 0. The van der Waals surface area contributed by atoms with Gasteiger partial charge in [-0.05, 0) is 21.1 Å². The summed E-state index contributed by atoms with van der Waals surface area (Å²) in [4.78, 5) is 2.00. The van der Waals surface area contributed by atoms with E-state index < -0.39 is 0 Å². The quantitative estimate of drug-likeness (QED) is 0.567. The van der Waals surface area contributed by atoms with Crippen LogP contribution in [0.15, 0.2) is 0 Å². The highest BCUT2D eigenvalue weighted by molar-refractivity contribution is 8.93. The van der Waals surface area contributed by atoms with Gasteiger partial charge in [-0.3, -0.25) is 0 Å². The van der Waals surface area contributed by atoms with Gasteiger partial charge in [0.25, 0.3) is 0 Å². The van der Waals surface area contributed by atoms with Gasteiger partial charge < -0.3 is 11.1 Å². The predicted molar refractivity (Wildman–Crippen MR) is 35.0 cm³/mol. The van der Waals surface area contributed by atoms with Crippen molar-refractivity contribution in [2.75, 3.05) is 21.1 Å². The van der Waals surface area contributed by atoms with Gasteiger partial charge in [0, 0.05) is 0 Å². The van der Waals surface area contributed by atoms with Crippen molar-refractivity contribution in [2.24, 2.45) is 0 Å². The summed E-state index contributed by atoms with van der Waals surface area (Å²) in [5.74, 6) is 0. The molecule has 0 bridgehead atoms. The van der Waals surface area contributed by atoms with Crippen LogP contribution in [0.1, 0.15) is 0 Å². The third-order valence-electron chi connectivity index (χ3n) is 0. The second kappa shape index (κ2) is 9.04. The van der Waals surface area contributed by atoms with Crippen molar-refractivity contribution in [3.05, 3.63) is 0 Å². The third kappa shape index (κ3) is 318. The lowest BCUT2D eigenvalue weighted by Crippen LogP contribution is -1.99. The Morgan fingerprint density at radius 1 is 1.00 bits per heavy atom. The Morgan fingerprint density at radius 2 is 1.00 bits per heavy atom. The molecule has 6 heavy (non-hydrogen) atoms. The zero-order chi connectivity index (χ0) is 3.58. The lowest BCUT2D eigenvalue weighted by atomic mass is 11.0. The molecular formula is C3H13BrN2. The molecule has 0 saturated carbocycles. The number of hydrogen-bond donors (Lipinski definition) is 1. The van der Waals surface area contributed by atoms with Gasteiger partial charge in [-0.15, -0.1) is 17.0 Å². The number of hydrogen-bond acceptors (Lipinski definition) is 2. The number of rotatable bonds is 0. The molecule has 0 aliphatic carbocycles. The molecule has 3 heteroatoms. The summed E-state index contributed by atoms with van der Waals surface area (Å²) in [6, 6.07) is 0. The van der Waals surface area contributed by atoms with Crippen LogP contribution in [0.2, 0.25) is 0 Å². The number of nitrogens with zero attached hydrogens (tertiary/aromatic N) is 1. The minimum Gasteiger partial charge on any atom is -0.344 e. The molecule has 0 saturated heterocycles. The summed E-state index contributed by atoms with van der Waals surface area (Å²) >= 11 is 0. The van der Waals surface area contributed by atoms with E-state index in [1.807, 2.05) is 26.0 Å². The second-order valence-electron chi connectivity index (χ2n) is 1.34. The zero-order valence-corrected chi connectivity index (χ0v) is 6.28. The van der Waals surface area contributed by atoms with Crippen LogP contribution in [0, 0.1) is 0 Å². The van der Waals surface area contributed by atoms with E-state index >= 15 is 0 Å². The highest BCUT2D eigenvalue weighted by atomic mass is 79.9. The van der Waals surface area contributed by atoms with Crippen LogP contribution in [0.3, 0.4) is 0 Å². The maximum Gasteiger partial charge on any atom is -0.0140 e. The van der Waals surface area contributed by atoms with Crippen LogP contribution >= 0.6 is 17.0 Å². The average Bonchev–Trinajstić information content (AvgIpc) is 0.811. The molecule has 0 spiro atoms. The first-order valence-electron chi connectivity index (χ1n) is 1.34. The van der Waals surface area contributed by atoms with Gasteiger partial charge in [0.05, 0.1) is 0 Å². The van der Waals surface area contributed by atoms with E-state index in [2.05, 4.69) is 0 Å². The summed E-state index contributed by atoms with van der Waals surface area (Å²) < 4.78 is 0. The Morgan fingerprint density at radius 3 is 1.00 bits per heavy atom. The smallest absolute Gasteiger partial charge is 0.0140 e. The SMILES string of the molecule is Br.CN(C)C.N. The molecule has 42 valence electrons. The summed E-state index contributed by atoms with van der Waals surface area (Å²) in [5, 5.41) is 0. The third-order valence-corrected chi connectivity index (χ3v) is 0. The Kier molecular flexibility index (Phi) is 24.3. The molecule has 0 aliphatic rings. The first-order chi connectivity index (χ1) is 1.73. The molecule has 0 atom stereocenters. The molecule has 0 aromatic heterocycles. The lowest BCUT2D eigenvalue weighted by molar-refractivity contribution is 0.505. The van der Waals surface area contributed by atoms with Crippen molar-refractivity contribution in [3.63, 3.8) is 0 Å². The molecule has 0 aromatic carbocycles. The minimum atomic E-state index is 0. The molecule has 0 rings (SSSR count). The van der Waals surface area contributed by atoms with Crippen LogP contribution in [0.4, 0.5) is 0 Å². The van der Waals surface area contributed by atoms with Crippen molar-refractivity contribution >= 4 is 17.0 Å². The van der Waals surface area contributed by atoms with Crippen molar-refractivity contribution in [3.8, 4) is 0 Å². The Bertz CT molecular complexity index is 13.5. The van der Waals surface area contributed by atoms with Crippen molar-refractivity contribution in [1.82, 2.24) is 11.1 Å². The van der Waals surface area contributed by atoms with Gasteiger partial charge in [0.1, 0.15) is 0 Å². The standard InChI is InChI=1S/C3H9N.BrH.H3N/c1-4(2)3;;/h1-3H3;1H;1H3. The lowest BCUT2D eigenvalue weighted by Gasteiger charge is -1.90. The Hall–Kier alpha value is 0.400. The van der Waals surface area contributed by atoms with Crippen LogP contribution < -0.4 is 6.15 Å². The van der Waals surface area contributed by atoms with E-state index in [4.69, 9.17) is 0 Å². The van der Waals surface area contributed by atoms with E-state index in [1.54, 1.807) is 0 Å². The van der Waals surface area contributed by atoms with Crippen molar-refractivity contribution in [2.45, 2.75) is 0 Å². The van der Waals surface area contributed by atoms with Crippen LogP contribution in [-0.4, -0.2) is 26.0 Å². The molecule has 0 radical (unpaired) electrons. The Labute approximate surface area is 49.9 Å². The molecule has 0 heterocycles. The molecule has 0 aliphatic heterocycles. The van der Waals surface area contributed by atoms with Crippen LogP contribution in [0.5, 0.6) is 0 Å². The fraction of sp³-hybridized carbons (Fsp3) is 1.00. The Balaban J connectivity index is -0.0000000450. The highest BCUT2D eigenvalue weighted by Crippen LogP contribution is 1.47. The molecule has 0 fully saturated rings. The van der Waals surface area contributed by atoms with Gasteiger partial charge in [0.2, 0.25) is 0 Å². The maximum atomic E-state index is 2.00. The van der Waals surface area contributed by atoms with E-state index in [9.17, 15) is 0 Å². The monoisotopic (exact) mass is 156 g/mol. The average molecular weight is 157 g/mol. The van der Waals surface area contributed by atoms with Gasteiger partial charge in [0.15, 0.2) is 0 Å².